The Bertz CT molecular complexity index is 609. The van der Waals surface area contributed by atoms with E-state index in [1.54, 1.807) is 6.07 Å². The van der Waals surface area contributed by atoms with Gasteiger partial charge >= 0.3 is 0 Å². The Morgan fingerprint density at radius 2 is 1.89 bits per heavy atom. The van der Waals surface area contributed by atoms with Crippen molar-refractivity contribution >= 4 is 15.9 Å². The SMILES string of the molecule is Fc1ccc(CC2Cc3ccccc3C2Br)c(F)c1. The summed E-state index contributed by atoms with van der Waals surface area (Å²) in [4.78, 5) is 0.244. The number of hydrogen-bond donors (Lipinski definition) is 0. The molecule has 19 heavy (non-hydrogen) atoms. The highest BCUT2D eigenvalue weighted by Gasteiger charge is 2.30. The van der Waals surface area contributed by atoms with Gasteiger partial charge < -0.3 is 0 Å². The Morgan fingerprint density at radius 3 is 2.63 bits per heavy atom. The van der Waals surface area contributed by atoms with Gasteiger partial charge in [-0.3, -0.25) is 0 Å². The van der Waals surface area contributed by atoms with Gasteiger partial charge in [0, 0.05) is 10.9 Å². The molecule has 2 unspecified atom stereocenters. The minimum Gasteiger partial charge on any atom is -0.207 e. The molecule has 1 aliphatic carbocycles. The number of hydrogen-bond acceptors (Lipinski definition) is 0. The number of halogens is 3. The number of fused-ring (bicyclic) bond motifs is 1. The van der Waals surface area contributed by atoms with Crippen LogP contribution < -0.4 is 0 Å². The molecule has 2 aromatic carbocycles. The first kappa shape index (κ1) is 12.8. The average Bonchev–Trinajstić information content (AvgIpc) is 2.70. The third-order valence-corrected chi connectivity index (χ3v) is 4.99. The highest BCUT2D eigenvalue weighted by Crippen LogP contribution is 2.43. The molecule has 0 fully saturated rings. The fraction of sp³-hybridized carbons (Fsp3) is 0.250. The van der Waals surface area contributed by atoms with Crippen LogP contribution in [0.15, 0.2) is 42.5 Å². The molecular weight excluding hydrogens is 310 g/mol. The lowest BCUT2D eigenvalue weighted by Crippen LogP contribution is -2.08. The summed E-state index contributed by atoms with van der Waals surface area (Å²) in [6.07, 6.45) is 1.56. The van der Waals surface area contributed by atoms with Crippen molar-refractivity contribution in [1.82, 2.24) is 0 Å². The maximum atomic E-state index is 13.7. The zero-order chi connectivity index (χ0) is 13.4. The van der Waals surface area contributed by atoms with Crippen LogP contribution in [-0.2, 0) is 12.8 Å². The third kappa shape index (κ3) is 2.44. The van der Waals surface area contributed by atoms with Gasteiger partial charge in [-0.25, -0.2) is 8.78 Å². The third-order valence-electron chi connectivity index (χ3n) is 3.75. The normalized spacial score (nSPS) is 21.4. The molecule has 0 nitrogen and oxygen atoms in total. The van der Waals surface area contributed by atoms with E-state index in [1.807, 2.05) is 12.1 Å². The summed E-state index contributed by atoms with van der Waals surface area (Å²) in [7, 11) is 0. The Labute approximate surface area is 119 Å². The molecule has 0 spiro atoms. The van der Waals surface area contributed by atoms with Crippen LogP contribution in [0.1, 0.15) is 21.5 Å². The van der Waals surface area contributed by atoms with Crippen molar-refractivity contribution in [2.45, 2.75) is 17.7 Å². The molecule has 0 bridgehead atoms. The average molecular weight is 323 g/mol. The lowest BCUT2D eigenvalue weighted by Gasteiger charge is -2.15. The highest BCUT2D eigenvalue weighted by atomic mass is 79.9. The monoisotopic (exact) mass is 322 g/mol. The van der Waals surface area contributed by atoms with E-state index >= 15 is 0 Å². The van der Waals surface area contributed by atoms with E-state index in [4.69, 9.17) is 0 Å². The minimum absolute atomic E-state index is 0.244. The molecule has 0 aliphatic heterocycles. The maximum absolute atomic E-state index is 13.7. The molecule has 0 saturated carbocycles. The molecule has 0 saturated heterocycles. The Kier molecular flexibility index (Phi) is 3.40. The van der Waals surface area contributed by atoms with Gasteiger partial charge in [0.15, 0.2) is 0 Å². The molecule has 0 aromatic heterocycles. The van der Waals surface area contributed by atoms with E-state index in [0.29, 0.717) is 17.9 Å². The molecule has 0 heterocycles. The Balaban J connectivity index is 1.83. The van der Waals surface area contributed by atoms with Gasteiger partial charge in [-0.05, 0) is 41.5 Å². The van der Waals surface area contributed by atoms with Crippen molar-refractivity contribution in [3.8, 4) is 0 Å². The van der Waals surface area contributed by atoms with Crippen molar-refractivity contribution in [3.63, 3.8) is 0 Å². The van der Waals surface area contributed by atoms with E-state index in [-0.39, 0.29) is 4.83 Å². The smallest absolute Gasteiger partial charge is 0.129 e. The molecule has 3 heteroatoms. The quantitative estimate of drug-likeness (QED) is 0.696. The van der Waals surface area contributed by atoms with Crippen molar-refractivity contribution in [3.05, 3.63) is 70.8 Å². The molecular formula is C16H13BrF2. The lowest BCUT2D eigenvalue weighted by atomic mass is 9.96. The first-order chi connectivity index (χ1) is 9.15. The van der Waals surface area contributed by atoms with E-state index in [2.05, 4.69) is 28.1 Å². The van der Waals surface area contributed by atoms with Gasteiger partial charge in [0.1, 0.15) is 11.6 Å². The van der Waals surface area contributed by atoms with Crippen LogP contribution in [0.5, 0.6) is 0 Å². The molecule has 98 valence electrons. The molecule has 2 atom stereocenters. The van der Waals surface area contributed by atoms with Gasteiger partial charge in [-0.1, -0.05) is 46.3 Å². The predicted molar refractivity (Wildman–Crippen MR) is 75.4 cm³/mol. The number of benzene rings is 2. The van der Waals surface area contributed by atoms with Crippen LogP contribution in [0.25, 0.3) is 0 Å². The van der Waals surface area contributed by atoms with E-state index in [1.165, 1.54) is 17.2 Å². The molecule has 2 aromatic rings. The summed E-state index contributed by atoms with van der Waals surface area (Å²) in [6.45, 7) is 0. The first-order valence-electron chi connectivity index (χ1n) is 6.31. The van der Waals surface area contributed by atoms with E-state index in [9.17, 15) is 8.78 Å². The molecule has 0 N–H and O–H groups in total. The summed E-state index contributed by atoms with van der Waals surface area (Å²) in [5.41, 5.74) is 3.19. The van der Waals surface area contributed by atoms with Gasteiger partial charge in [-0.15, -0.1) is 0 Å². The van der Waals surface area contributed by atoms with Crippen molar-refractivity contribution in [2.24, 2.45) is 5.92 Å². The second-order valence-electron chi connectivity index (χ2n) is 5.00. The van der Waals surface area contributed by atoms with Crippen LogP contribution in [0.3, 0.4) is 0 Å². The van der Waals surface area contributed by atoms with E-state index < -0.39 is 11.6 Å². The Morgan fingerprint density at radius 1 is 1.11 bits per heavy atom. The topological polar surface area (TPSA) is 0 Å². The van der Waals surface area contributed by atoms with Crippen molar-refractivity contribution in [2.75, 3.05) is 0 Å². The second-order valence-corrected chi connectivity index (χ2v) is 5.99. The first-order valence-corrected chi connectivity index (χ1v) is 7.22. The maximum Gasteiger partial charge on any atom is 0.129 e. The number of rotatable bonds is 2. The molecule has 1 aliphatic rings. The Hall–Kier alpha value is -1.22. The molecule has 0 radical (unpaired) electrons. The lowest BCUT2D eigenvalue weighted by molar-refractivity contribution is 0.519. The van der Waals surface area contributed by atoms with Gasteiger partial charge in [-0.2, -0.15) is 0 Å². The van der Waals surface area contributed by atoms with Crippen LogP contribution in [0.4, 0.5) is 8.78 Å². The fourth-order valence-corrected chi connectivity index (χ4v) is 3.59. The summed E-state index contributed by atoms with van der Waals surface area (Å²) >= 11 is 3.70. The van der Waals surface area contributed by atoms with Gasteiger partial charge in [0.05, 0.1) is 0 Å². The largest absolute Gasteiger partial charge is 0.207 e. The van der Waals surface area contributed by atoms with Gasteiger partial charge in [0.2, 0.25) is 0 Å². The standard InChI is InChI=1S/C16H13BrF2/c17-16-12(7-10-3-1-2-4-14(10)16)8-11-5-6-13(18)9-15(11)19/h1-6,9,12,16H,7-8H2. The second kappa shape index (κ2) is 5.04. The van der Waals surface area contributed by atoms with Crippen LogP contribution >= 0.6 is 15.9 Å². The zero-order valence-corrected chi connectivity index (χ0v) is 11.8. The summed E-state index contributed by atoms with van der Waals surface area (Å²) in [6, 6.07) is 12.1. The summed E-state index contributed by atoms with van der Waals surface area (Å²) in [5, 5.41) is 0. The van der Waals surface area contributed by atoms with Crippen molar-refractivity contribution < 1.29 is 8.78 Å². The molecule has 0 amide bonds. The zero-order valence-electron chi connectivity index (χ0n) is 10.2. The van der Waals surface area contributed by atoms with Crippen LogP contribution in [0, 0.1) is 17.6 Å². The van der Waals surface area contributed by atoms with Crippen LogP contribution in [-0.4, -0.2) is 0 Å². The number of alkyl halides is 1. The predicted octanol–water partition coefficient (Wildman–Crippen LogP) is 4.82. The van der Waals surface area contributed by atoms with Crippen molar-refractivity contribution in [1.29, 1.82) is 0 Å². The summed E-state index contributed by atoms with van der Waals surface area (Å²) in [5.74, 6) is -0.653. The van der Waals surface area contributed by atoms with E-state index in [0.717, 1.165) is 12.5 Å². The summed E-state index contributed by atoms with van der Waals surface area (Å²) < 4.78 is 26.6. The highest BCUT2D eigenvalue weighted by molar-refractivity contribution is 9.09. The fourth-order valence-electron chi connectivity index (χ4n) is 2.77. The van der Waals surface area contributed by atoms with Crippen LogP contribution in [0.2, 0.25) is 0 Å². The minimum atomic E-state index is -0.522. The van der Waals surface area contributed by atoms with Gasteiger partial charge in [0.25, 0.3) is 0 Å². The molecule has 3 rings (SSSR count).